The van der Waals surface area contributed by atoms with Gasteiger partial charge in [-0.05, 0) is 30.9 Å². The van der Waals surface area contributed by atoms with Gasteiger partial charge in [0.2, 0.25) is 9.05 Å². The Morgan fingerprint density at radius 3 is 2.50 bits per heavy atom. The van der Waals surface area contributed by atoms with Crippen molar-refractivity contribution in [1.29, 1.82) is 0 Å². The molecule has 2 nitrogen and oxygen atoms in total. The predicted molar refractivity (Wildman–Crippen MR) is 69.7 cm³/mol. The van der Waals surface area contributed by atoms with Crippen LogP contribution in [0.3, 0.4) is 0 Å². The van der Waals surface area contributed by atoms with Gasteiger partial charge >= 0.3 is 0 Å². The van der Waals surface area contributed by atoms with Crippen molar-refractivity contribution in [3.8, 4) is 0 Å². The lowest BCUT2D eigenvalue weighted by Gasteiger charge is -2.05. The quantitative estimate of drug-likeness (QED) is 0.780. The fraction of sp³-hybridized carbons (Fsp3) is 0.273. The summed E-state index contributed by atoms with van der Waals surface area (Å²) in [6.45, 7) is 3.56. The summed E-state index contributed by atoms with van der Waals surface area (Å²) in [5.41, 5.74) is 1.01. The van der Waals surface area contributed by atoms with Gasteiger partial charge in [-0.3, -0.25) is 0 Å². The molecule has 1 heterocycles. The minimum atomic E-state index is -3.54. The van der Waals surface area contributed by atoms with Crippen molar-refractivity contribution in [1.82, 2.24) is 0 Å². The van der Waals surface area contributed by atoms with Gasteiger partial charge in [-0.2, -0.15) is 0 Å². The van der Waals surface area contributed by atoms with Gasteiger partial charge in [-0.15, -0.1) is 11.3 Å². The van der Waals surface area contributed by atoms with Crippen LogP contribution in [0.25, 0.3) is 10.1 Å². The summed E-state index contributed by atoms with van der Waals surface area (Å²) in [4.78, 5) is 0.830. The second-order valence-electron chi connectivity index (χ2n) is 3.71. The van der Waals surface area contributed by atoms with E-state index < -0.39 is 14.3 Å². The molecule has 86 valence electrons. The largest absolute Gasteiger partial charge is 0.240 e. The number of halogens is 1. The monoisotopic (exact) mass is 274 g/mol. The molecule has 0 saturated heterocycles. The standard InChI is InChI=1S/C11H11ClO2S2/c1-7-9-5-3-4-6-10(9)15-11(7)8(2)16(12,13)14/h3-6,8H,1-2H3. The zero-order chi connectivity index (χ0) is 11.9. The highest BCUT2D eigenvalue weighted by atomic mass is 35.7. The molecule has 0 bridgehead atoms. The highest BCUT2D eigenvalue weighted by Gasteiger charge is 2.24. The van der Waals surface area contributed by atoms with E-state index in [4.69, 9.17) is 10.7 Å². The maximum atomic E-state index is 11.3. The van der Waals surface area contributed by atoms with Gasteiger partial charge in [0.25, 0.3) is 0 Å². The Labute approximate surface area is 103 Å². The number of hydrogen-bond acceptors (Lipinski definition) is 3. The van der Waals surface area contributed by atoms with Crippen molar-refractivity contribution in [2.45, 2.75) is 19.1 Å². The van der Waals surface area contributed by atoms with Gasteiger partial charge in [0, 0.05) is 20.3 Å². The zero-order valence-corrected chi connectivity index (χ0v) is 11.3. The average Bonchev–Trinajstić information content (AvgIpc) is 2.54. The molecular formula is C11H11ClO2S2. The Hall–Kier alpha value is -0.580. The van der Waals surface area contributed by atoms with Crippen LogP contribution in [0, 0.1) is 6.92 Å². The van der Waals surface area contributed by atoms with Crippen molar-refractivity contribution in [3.05, 3.63) is 34.7 Å². The average molecular weight is 275 g/mol. The summed E-state index contributed by atoms with van der Waals surface area (Å²) in [6.07, 6.45) is 0. The first-order valence-corrected chi connectivity index (χ1v) is 8.01. The van der Waals surface area contributed by atoms with Crippen LogP contribution in [-0.4, -0.2) is 8.42 Å². The summed E-state index contributed by atoms with van der Waals surface area (Å²) in [5, 5.41) is 0.459. The molecule has 0 saturated carbocycles. The molecule has 0 amide bonds. The fourth-order valence-corrected chi connectivity index (χ4v) is 4.24. The third-order valence-corrected chi connectivity index (χ3v) is 6.16. The topological polar surface area (TPSA) is 34.1 Å². The molecule has 0 spiro atoms. The lowest BCUT2D eigenvalue weighted by atomic mass is 10.1. The van der Waals surface area contributed by atoms with Crippen molar-refractivity contribution in [2.75, 3.05) is 0 Å². The van der Waals surface area contributed by atoms with Crippen molar-refractivity contribution in [3.63, 3.8) is 0 Å². The Balaban J connectivity index is 2.67. The molecule has 1 aromatic carbocycles. The SMILES string of the molecule is Cc1c(C(C)S(=O)(=O)Cl)sc2ccccc12. The van der Waals surface area contributed by atoms with Crippen LogP contribution in [0.5, 0.6) is 0 Å². The number of benzene rings is 1. The van der Waals surface area contributed by atoms with E-state index in [9.17, 15) is 8.42 Å². The van der Waals surface area contributed by atoms with Crippen LogP contribution >= 0.6 is 22.0 Å². The highest BCUT2D eigenvalue weighted by Crippen LogP contribution is 2.38. The van der Waals surface area contributed by atoms with E-state index >= 15 is 0 Å². The van der Waals surface area contributed by atoms with E-state index in [2.05, 4.69) is 0 Å². The first-order valence-electron chi connectivity index (χ1n) is 4.82. The molecule has 0 aliphatic heterocycles. The van der Waals surface area contributed by atoms with Gasteiger partial charge in [-0.25, -0.2) is 8.42 Å². The van der Waals surface area contributed by atoms with Gasteiger partial charge in [-0.1, -0.05) is 18.2 Å². The molecule has 0 N–H and O–H groups in total. The van der Waals surface area contributed by atoms with E-state index in [1.54, 1.807) is 6.92 Å². The molecule has 0 fully saturated rings. The zero-order valence-electron chi connectivity index (χ0n) is 8.90. The molecular weight excluding hydrogens is 264 g/mol. The lowest BCUT2D eigenvalue weighted by molar-refractivity contribution is 0.601. The van der Waals surface area contributed by atoms with E-state index in [0.717, 1.165) is 20.5 Å². The van der Waals surface area contributed by atoms with Crippen molar-refractivity contribution < 1.29 is 8.42 Å². The Bertz CT molecular complexity index is 628. The molecule has 16 heavy (non-hydrogen) atoms. The summed E-state index contributed by atoms with van der Waals surface area (Å²) in [6, 6.07) is 7.88. The summed E-state index contributed by atoms with van der Waals surface area (Å²) in [7, 11) is 1.85. The van der Waals surface area contributed by atoms with Crippen LogP contribution < -0.4 is 0 Å². The number of aryl methyl sites for hydroxylation is 1. The van der Waals surface area contributed by atoms with Gasteiger partial charge < -0.3 is 0 Å². The smallest absolute Gasteiger partial charge is 0.212 e. The van der Waals surface area contributed by atoms with Crippen LogP contribution in [-0.2, 0) is 9.05 Å². The normalized spacial score (nSPS) is 14.2. The number of rotatable bonds is 2. The molecule has 1 unspecified atom stereocenters. The molecule has 1 atom stereocenters. The first-order chi connectivity index (χ1) is 7.41. The summed E-state index contributed by atoms with van der Waals surface area (Å²) >= 11 is 1.50. The van der Waals surface area contributed by atoms with Crippen molar-refractivity contribution in [2.24, 2.45) is 0 Å². The number of thiophene rings is 1. The molecule has 0 radical (unpaired) electrons. The molecule has 1 aromatic heterocycles. The minimum absolute atomic E-state index is 0.647. The molecule has 2 rings (SSSR count). The summed E-state index contributed by atoms with van der Waals surface area (Å²) < 4.78 is 23.8. The molecule has 2 aromatic rings. The van der Waals surface area contributed by atoms with Gasteiger partial charge in [0.05, 0.1) is 0 Å². The minimum Gasteiger partial charge on any atom is -0.212 e. The van der Waals surface area contributed by atoms with Crippen LogP contribution in [0.2, 0.25) is 0 Å². The van der Waals surface area contributed by atoms with Crippen LogP contribution in [0.4, 0.5) is 0 Å². The maximum absolute atomic E-state index is 11.3. The molecule has 5 heteroatoms. The highest BCUT2D eigenvalue weighted by molar-refractivity contribution is 8.14. The van der Waals surface area contributed by atoms with E-state index in [1.165, 1.54) is 11.3 Å². The first kappa shape index (κ1) is 11.9. The second kappa shape index (κ2) is 4.02. The van der Waals surface area contributed by atoms with E-state index in [0.29, 0.717) is 0 Å². The summed E-state index contributed by atoms with van der Waals surface area (Å²) in [5.74, 6) is 0. The molecule has 0 aliphatic rings. The molecule has 0 aliphatic carbocycles. The van der Waals surface area contributed by atoms with E-state index in [1.807, 2.05) is 31.2 Å². The number of hydrogen-bond donors (Lipinski definition) is 0. The third-order valence-electron chi connectivity index (χ3n) is 2.67. The van der Waals surface area contributed by atoms with Crippen LogP contribution in [0.1, 0.15) is 22.6 Å². The Morgan fingerprint density at radius 2 is 1.94 bits per heavy atom. The van der Waals surface area contributed by atoms with Gasteiger partial charge in [0.1, 0.15) is 5.25 Å². The number of fused-ring (bicyclic) bond motifs is 1. The lowest BCUT2D eigenvalue weighted by Crippen LogP contribution is -2.01. The Morgan fingerprint density at radius 1 is 1.31 bits per heavy atom. The third kappa shape index (κ3) is 1.97. The van der Waals surface area contributed by atoms with Gasteiger partial charge in [0.15, 0.2) is 0 Å². The fourth-order valence-electron chi connectivity index (χ4n) is 1.71. The van der Waals surface area contributed by atoms with Crippen LogP contribution in [0.15, 0.2) is 24.3 Å². The predicted octanol–water partition coefficient (Wildman–Crippen LogP) is 3.84. The van der Waals surface area contributed by atoms with E-state index in [-0.39, 0.29) is 0 Å². The van der Waals surface area contributed by atoms with Crippen molar-refractivity contribution >= 4 is 41.2 Å². The second-order valence-corrected chi connectivity index (χ2v) is 7.74. The Kier molecular flexibility index (Phi) is 2.99. The maximum Gasteiger partial charge on any atom is 0.240 e.